The van der Waals surface area contributed by atoms with E-state index in [4.69, 9.17) is 4.74 Å². The number of piperazine rings is 1. The number of amides is 2. The van der Waals surface area contributed by atoms with E-state index < -0.39 is 0 Å². The van der Waals surface area contributed by atoms with E-state index in [1.165, 1.54) is 5.56 Å². The molecule has 3 rings (SSSR count). The summed E-state index contributed by atoms with van der Waals surface area (Å²) in [5.41, 5.74) is 2.41. The number of benzene rings is 1. The average molecular weight is 397 g/mol. The van der Waals surface area contributed by atoms with Gasteiger partial charge >= 0.3 is 6.03 Å². The van der Waals surface area contributed by atoms with Gasteiger partial charge in [0.25, 0.3) is 0 Å². The minimum Gasteiger partial charge on any atom is -0.497 e. The molecule has 1 aromatic heterocycles. The molecule has 2 amide bonds. The summed E-state index contributed by atoms with van der Waals surface area (Å²) >= 11 is 0. The number of hydrogen-bond donors (Lipinski definition) is 1. The van der Waals surface area contributed by atoms with Crippen LogP contribution in [-0.2, 0) is 6.42 Å². The van der Waals surface area contributed by atoms with Crippen molar-refractivity contribution < 1.29 is 9.53 Å². The summed E-state index contributed by atoms with van der Waals surface area (Å²) < 4.78 is 5.24. The zero-order valence-corrected chi connectivity index (χ0v) is 17.7. The molecule has 1 unspecified atom stereocenters. The molecule has 0 spiro atoms. The molecule has 1 atom stereocenters. The Balaban J connectivity index is 1.49. The number of aromatic nitrogens is 1. The SMILES string of the molecule is COc1ccc(C(NC(=O)N2CCN(CCc3ccncc3)CC2)C(C)C)cc1. The molecule has 0 radical (unpaired) electrons. The van der Waals surface area contributed by atoms with Gasteiger partial charge in [-0.15, -0.1) is 0 Å². The van der Waals surface area contributed by atoms with Gasteiger partial charge in [-0.3, -0.25) is 9.88 Å². The molecular weight excluding hydrogens is 364 g/mol. The van der Waals surface area contributed by atoms with Crippen LogP contribution in [0.15, 0.2) is 48.8 Å². The van der Waals surface area contributed by atoms with Gasteiger partial charge in [-0.2, -0.15) is 0 Å². The summed E-state index contributed by atoms with van der Waals surface area (Å²) in [6.07, 6.45) is 4.69. The van der Waals surface area contributed by atoms with Gasteiger partial charge in [0.1, 0.15) is 5.75 Å². The van der Waals surface area contributed by atoms with Crippen molar-refractivity contribution in [1.29, 1.82) is 0 Å². The largest absolute Gasteiger partial charge is 0.497 e. The molecule has 0 aliphatic carbocycles. The molecule has 1 fully saturated rings. The van der Waals surface area contributed by atoms with Gasteiger partial charge in [0.05, 0.1) is 13.2 Å². The van der Waals surface area contributed by atoms with Crippen LogP contribution in [0.3, 0.4) is 0 Å². The monoisotopic (exact) mass is 396 g/mol. The van der Waals surface area contributed by atoms with E-state index in [0.717, 1.165) is 50.5 Å². The van der Waals surface area contributed by atoms with Crippen molar-refractivity contribution >= 4 is 6.03 Å². The third-order valence-electron chi connectivity index (χ3n) is 5.55. The molecule has 6 heteroatoms. The normalized spacial score (nSPS) is 15.9. The van der Waals surface area contributed by atoms with Crippen molar-refractivity contribution in [2.45, 2.75) is 26.3 Å². The lowest BCUT2D eigenvalue weighted by atomic mass is 9.96. The standard InChI is InChI=1S/C23H32N4O2/c1-18(2)22(20-4-6-21(29-3)7-5-20)25-23(28)27-16-14-26(15-17-27)13-10-19-8-11-24-12-9-19/h4-9,11-12,18,22H,10,13-17H2,1-3H3,(H,25,28). The molecule has 0 saturated carbocycles. The minimum atomic E-state index is -0.0156. The van der Waals surface area contributed by atoms with Crippen LogP contribution in [0.25, 0.3) is 0 Å². The Labute approximate surface area is 173 Å². The van der Waals surface area contributed by atoms with Crippen LogP contribution in [-0.4, -0.2) is 60.6 Å². The summed E-state index contributed by atoms with van der Waals surface area (Å²) in [5, 5.41) is 3.23. The Kier molecular flexibility index (Phi) is 7.47. The van der Waals surface area contributed by atoms with Crippen LogP contribution in [0.1, 0.15) is 31.0 Å². The first-order valence-electron chi connectivity index (χ1n) is 10.4. The smallest absolute Gasteiger partial charge is 0.317 e. The highest BCUT2D eigenvalue weighted by Gasteiger charge is 2.25. The maximum Gasteiger partial charge on any atom is 0.317 e. The van der Waals surface area contributed by atoms with E-state index in [-0.39, 0.29) is 12.1 Å². The molecule has 6 nitrogen and oxygen atoms in total. The molecule has 2 heterocycles. The van der Waals surface area contributed by atoms with Crippen LogP contribution >= 0.6 is 0 Å². The fraction of sp³-hybridized carbons (Fsp3) is 0.478. The lowest BCUT2D eigenvalue weighted by Crippen LogP contribution is -2.52. The Morgan fingerprint density at radius 2 is 1.72 bits per heavy atom. The molecule has 1 aromatic carbocycles. The first-order valence-corrected chi connectivity index (χ1v) is 10.4. The van der Waals surface area contributed by atoms with E-state index in [1.807, 2.05) is 41.6 Å². The number of nitrogens with one attached hydrogen (secondary N) is 1. The number of pyridine rings is 1. The van der Waals surface area contributed by atoms with Gasteiger partial charge in [-0.05, 0) is 47.7 Å². The first-order chi connectivity index (χ1) is 14.1. The Morgan fingerprint density at radius 1 is 1.07 bits per heavy atom. The van der Waals surface area contributed by atoms with E-state index in [9.17, 15) is 4.79 Å². The predicted molar refractivity (Wildman–Crippen MR) is 115 cm³/mol. The maximum atomic E-state index is 12.9. The van der Waals surface area contributed by atoms with Crippen LogP contribution in [0.2, 0.25) is 0 Å². The minimum absolute atomic E-state index is 0.0156. The van der Waals surface area contributed by atoms with Crippen LogP contribution < -0.4 is 10.1 Å². The Hall–Kier alpha value is -2.60. The van der Waals surface area contributed by atoms with Gasteiger partial charge in [-0.1, -0.05) is 26.0 Å². The van der Waals surface area contributed by atoms with Crippen LogP contribution in [0.5, 0.6) is 5.75 Å². The van der Waals surface area contributed by atoms with E-state index in [2.05, 4.69) is 41.2 Å². The molecule has 1 aliphatic heterocycles. The van der Waals surface area contributed by atoms with Gasteiger partial charge in [0.15, 0.2) is 0 Å². The lowest BCUT2D eigenvalue weighted by molar-refractivity contribution is 0.136. The van der Waals surface area contributed by atoms with Gasteiger partial charge < -0.3 is 15.0 Å². The molecule has 1 saturated heterocycles. The second-order valence-corrected chi connectivity index (χ2v) is 7.88. The van der Waals surface area contributed by atoms with Gasteiger partial charge in [0, 0.05) is 45.1 Å². The second kappa shape index (κ2) is 10.3. The maximum absolute atomic E-state index is 12.9. The van der Waals surface area contributed by atoms with Gasteiger partial charge in [0.2, 0.25) is 0 Å². The van der Waals surface area contributed by atoms with Crippen molar-refractivity contribution in [2.24, 2.45) is 5.92 Å². The van der Waals surface area contributed by atoms with Crippen molar-refractivity contribution in [2.75, 3.05) is 39.8 Å². The highest BCUT2D eigenvalue weighted by atomic mass is 16.5. The molecule has 1 aliphatic rings. The fourth-order valence-electron chi connectivity index (χ4n) is 3.68. The van der Waals surface area contributed by atoms with E-state index in [0.29, 0.717) is 5.92 Å². The second-order valence-electron chi connectivity index (χ2n) is 7.88. The summed E-state index contributed by atoms with van der Waals surface area (Å²) in [6.45, 7) is 8.62. The topological polar surface area (TPSA) is 57.7 Å². The Morgan fingerprint density at radius 3 is 2.31 bits per heavy atom. The third kappa shape index (κ3) is 5.94. The van der Waals surface area contributed by atoms with Crippen LogP contribution in [0.4, 0.5) is 4.79 Å². The lowest BCUT2D eigenvalue weighted by Gasteiger charge is -2.36. The quantitative estimate of drug-likeness (QED) is 0.780. The highest BCUT2D eigenvalue weighted by Crippen LogP contribution is 2.24. The number of hydrogen-bond acceptors (Lipinski definition) is 4. The van der Waals surface area contributed by atoms with E-state index >= 15 is 0 Å². The van der Waals surface area contributed by atoms with Crippen molar-refractivity contribution in [3.8, 4) is 5.75 Å². The number of rotatable bonds is 7. The zero-order chi connectivity index (χ0) is 20.6. The molecule has 1 N–H and O–H groups in total. The van der Waals surface area contributed by atoms with Crippen molar-refractivity contribution in [3.05, 3.63) is 59.9 Å². The fourth-order valence-corrected chi connectivity index (χ4v) is 3.68. The highest BCUT2D eigenvalue weighted by molar-refractivity contribution is 5.75. The van der Waals surface area contributed by atoms with Crippen LogP contribution in [0, 0.1) is 5.92 Å². The molecule has 29 heavy (non-hydrogen) atoms. The van der Waals surface area contributed by atoms with Crippen molar-refractivity contribution in [3.63, 3.8) is 0 Å². The predicted octanol–water partition coefficient (Wildman–Crippen LogP) is 3.36. The number of carbonyl (C=O) groups excluding carboxylic acids is 1. The number of nitrogens with zero attached hydrogens (tertiary/aromatic N) is 3. The molecule has 156 valence electrons. The van der Waals surface area contributed by atoms with Crippen molar-refractivity contribution in [1.82, 2.24) is 20.1 Å². The number of methoxy groups -OCH3 is 1. The zero-order valence-electron chi connectivity index (χ0n) is 17.7. The first kappa shape index (κ1) is 21.1. The number of carbonyl (C=O) groups is 1. The number of ether oxygens (including phenoxy) is 1. The molecular formula is C23H32N4O2. The number of urea groups is 1. The van der Waals surface area contributed by atoms with E-state index in [1.54, 1.807) is 7.11 Å². The summed E-state index contributed by atoms with van der Waals surface area (Å²) in [4.78, 5) is 21.3. The Bertz CT molecular complexity index is 756. The summed E-state index contributed by atoms with van der Waals surface area (Å²) in [7, 11) is 1.66. The van der Waals surface area contributed by atoms with Gasteiger partial charge in [-0.25, -0.2) is 4.79 Å². The molecule has 2 aromatic rings. The average Bonchev–Trinajstić information content (AvgIpc) is 2.77. The third-order valence-corrected chi connectivity index (χ3v) is 5.55. The summed E-state index contributed by atoms with van der Waals surface area (Å²) in [5.74, 6) is 1.12. The summed E-state index contributed by atoms with van der Waals surface area (Å²) in [6, 6.07) is 12.1. The molecule has 0 bridgehead atoms.